The number of hydrogen-bond acceptors (Lipinski definition) is 6. The van der Waals surface area contributed by atoms with Crippen LogP contribution in [0.4, 0.5) is 0 Å². The molecule has 0 unspecified atom stereocenters. The average Bonchev–Trinajstić information content (AvgIpc) is 3.50. The Labute approximate surface area is 452 Å². The molecule has 4 aliphatic rings. The van der Waals surface area contributed by atoms with Gasteiger partial charge in [0.05, 0.1) is 0 Å². The molecule has 374 valence electrons. The fourth-order valence-electron chi connectivity index (χ4n) is 14.2. The molecule has 0 atom stereocenters. The molecule has 0 saturated carbocycles. The minimum absolute atomic E-state index is 0.297. The Kier molecular flexibility index (Phi) is 10.3. The predicted octanol–water partition coefficient (Wildman–Crippen LogP) is 13.8. The summed E-state index contributed by atoms with van der Waals surface area (Å²) < 4.78 is 28.7. The lowest BCUT2D eigenvalue weighted by molar-refractivity contribution is 0.443. The summed E-state index contributed by atoms with van der Waals surface area (Å²) in [5.41, 5.74) is 32.8. The van der Waals surface area contributed by atoms with Crippen molar-refractivity contribution in [3.63, 3.8) is 0 Å². The van der Waals surface area contributed by atoms with Gasteiger partial charge in [0, 0.05) is 10.9 Å². The number of rotatable bonds is 4. The van der Waals surface area contributed by atoms with Crippen molar-refractivity contribution in [1.29, 1.82) is 0 Å². The molecule has 4 aliphatic heterocycles. The second-order valence-corrected chi connectivity index (χ2v) is 22.8. The van der Waals surface area contributed by atoms with E-state index in [4.69, 9.17) is 28.9 Å². The van der Waals surface area contributed by atoms with Crippen LogP contribution in [0.5, 0.6) is 46.3 Å². The second-order valence-electron chi connectivity index (χ2n) is 22.8. The van der Waals surface area contributed by atoms with Crippen LogP contribution in [0.25, 0.3) is 55.5 Å². The van der Waals surface area contributed by atoms with Gasteiger partial charge in [-0.05, 0) is 236 Å². The minimum atomic E-state index is -0.299. The van der Waals surface area contributed by atoms with Gasteiger partial charge in [-0.25, -0.2) is 9.97 Å². The fourth-order valence-corrected chi connectivity index (χ4v) is 14.2. The summed E-state index contributed by atoms with van der Waals surface area (Å²) in [4.78, 5) is 11.1. The van der Waals surface area contributed by atoms with Crippen LogP contribution in [-0.2, 0) is 0 Å². The first kappa shape index (κ1) is 47.1. The quantitative estimate of drug-likeness (QED) is 0.164. The number of aromatic nitrogens is 2. The molecule has 8 heteroatoms. The van der Waals surface area contributed by atoms with E-state index in [0.29, 0.717) is 34.3 Å². The van der Waals surface area contributed by atoms with E-state index in [1.807, 2.05) is 0 Å². The molecule has 6 heterocycles. The van der Waals surface area contributed by atoms with Crippen molar-refractivity contribution in [2.45, 2.75) is 90.0 Å². The van der Waals surface area contributed by atoms with Gasteiger partial charge >= 0.3 is 0 Å². The molecule has 0 radical (unpaired) electrons. The van der Waals surface area contributed by atoms with E-state index in [1.54, 1.807) is 0 Å². The van der Waals surface area contributed by atoms with E-state index < -0.39 is 0 Å². The summed E-state index contributed by atoms with van der Waals surface area (Å²) in [7, 11) is 0. The third-order valence-electron chi connectivity index (χ3n) is 17.3. The Morgan fingerprint density at radius 2 is 0.597 bits per heavy atom. The molecule has 10 aromatic rings. The van der Waals surface area contributed by atoms with E-state index in [-0.39, 0.29) is 13.4 Å². The van der Waals surface area contributed by atoms with Crippen LogP contribution in [0.3, 0.4) is 0 Å². The number of benzene rings is 8. The van der Waals surface area contributed by atoms with Crippen molar-refractivity contribution in [2.75, 3.05) is 0 Å². The minimum Gasteiger partial charge on any atom is -0.456 e. The molecule has 14 rings (SSSR count). The molecular weight excluding hydrogens is 942 g/mol. The van der Waals surface area contributed by atoms with E-state index in [2.05, 4.69) is 205 Å². The highest BCUT2D eigenvalue weighted by molar-refractivity contribution is 6.99. The lowest BCUT2D eigenvalue weighted by Crippen LogP contribution is -2.58. The van der Waals surface area contributed by atoms with Gasteiger partial charge in [-0.2, -0.15) is 0 Å². The Morgan fingerprint density at radius 3 is 0.935 bits per heavy atom. The zero-order valence-corrected chi connectivity index (χ0v) is 46.2. The topological polar surface area (TPSA) is 62.7 Å². The summed E-state index contributed by atoms with van der Waals surface area (Å²) in [6.07, 6.45) is 0. The summed E-state index contributed by atoms with van der Waals surface area (Å²) in [5, 5.41) is 0. The van der Waals surface area contributed by atoms with E-state index >= 15 is 0 Å². The molecule has 77 heavy (non-hydrogen) atoms. The Morgan fingerprint density at radius 1 is 0.299 bits per heavy atom. The monoisotopic (exact) mass is 1000 g/mol. The van der Waals surface area contributed by atoms with Crippen molar-refractivity contribution in [1.82, 2.24) is 9.97 Å². The van der Waals surface area contributed by atoms with Gasteiger partial charge in [-0.1, -0.05) is 108 Å². The zero-order valence-electron chi connectivity index (χ0n) is 46.2. The van der Waals surface area contributed by atoms with Crippen LogP contribution in [-0.4, -0.2) is 23.4 Å². The predicted molar refractivity (Wildman–Crippen MR) is 318 cm³/mol. The van der Waals surface area contributed by atoms with Gasteiger partial charge in [0.15, 0.2) is 11.5 Å². The van der Waals surface area contributed by atoms with Crippen molar-refractivity contribution in [2.24, 2.45) is 0 Å². The summed E-state index contributed by atoms with van der Waals surface area (Å²) in [5.74, 6) is 5.17. The molecule has 0 spiro atoms. The first-order valence-corrected chi connectivity index (χ1v) is 27.0. The Bertz CT molecular complexity index is 4200. The van der Waals surface area contributed by atoms with E-state index in [1.165, 1.54) is 94.6 Å². The first-order chi connectivity index (χ1) is 37.0. The smallest absolute Gasteiger partial charge is 0.263 e. The highest BCUT2D eigenvalue weighted by Crippen LogP contribution is 2.46. The number of ether oxygens (including phenoxy) is 4. The molecule has 0 saturated heterocycles. The highest BCUT2D eigenvalue weighted by Gasteiger charge is 2.47. The van der Waals surface area contributed by atoms with Crippen LogP contribution >= 0.6 is 0 Å². The van der Waals surface area contributed by atoms with Crippen molar-refractivity contribution >= 4 is 57.2 Å². The third kappa shape index (κ3) is 7.03. The van der Waals surface area contributed by atoms with Crippen molar-refractivity contribution in [3.8, 4) is 90.8 Å². The van der Waals surface area contributed by atoms with Crippen LogP contribution in [0.1, 0.15) is 72.3 Å². The number of nitrogens with zero attached hydrogens (tertiary/aromatic N) is 2. The van der Waals surface area contributed by atoms with Crippen LogP contribution < -0.4 is 51.7 Å². The Balaban J connectivity index is 1.01. The SMILES string of the molecule is Cc1cc(C)c(-c2ccc3c(c2)B2c4cc(-c5c(C)cc(C)cc5C)ccc4Oc4c2c(nc2c5c6c(nc42)Oc2ccc(-c4c(C)cc(C)cc4C)cc2B6c2cc(-c4c(C)cc(C)c(C)c4C)ccc2O5)O3)c(C)c1. The fraction of sp³-hybridized carbons (Fsp3) is 0.188. The van der Waals surface area contributed by atoms with Crippen molar-refractivity contribution in [3.05, 3.63) is 188 Å². The Hall–Kier alpha value is -8.35. The number of aryl methyl sites for hydroxylation is 11. The number of hydrogen-bond donors (Lipinski definition) is 0. The third-order valence-corrected chi connectivity index (χ3v) is 17.3. The number of fused-ring (bicyclic) bond motifs is 11. The maximum atomic E-state index is 7.28. The van der Waals surface area contributed by atoms with Crippen LogP contribution in [0.2, 0.25) is 0 Å². The first-order valence-electron chi connectivity index (χ1n) is 27.0. The van der Waals surface area contributed by atoms with Crippen molar-refractivity contribution < 1.29 is 18.9 Å². The molecule has 2 aromatic heterocycles. The van der Waals surface area contributed by atoms with Crippen LogP contribution in [0, 0.1) is 90.0 Å². The number of pyridine rings is 2. The van der Waals surface area contributed by atoms with E-state index in [9.17, 15) is 0 Å². The molecule has 8 aromatic carbocycles. The van der Waals surface area contributed by atoms with Gasteiger partial charge in [-0.3, -0.25) is 0 Å². The molecule has 0 amide bonds. The lowest BCUT2D eigenvalue weighted by Gasteiger charge is -2.36. The van der Waals surface area contributed by atoms with E-state index in [0.717, 1.165) is 78.0 Å². The maximum Gasteiger partial charge on any atom is 0.263 e. The largest absolute Gasteiger partial charge is 0.456 e. The molecule has 6 nitrogen and oxygen atoms in total. The summed E-state index contributed by atoms with van der Waals surface area (Å²) in [6, 6.07) is 42.5. The van der Waals surface area contributed by atoms with Gasteiger partial charge in [-0.15, -0.1) is 0 Å². The molecule has 0 fully saturated rings. The standard InChI is InChI=1S/C69H58B2N2O4/c1-33-22-37(5)58(38(6)23-33)46-14-18-54-50(29-46)70-52-30-47(59-39(7)24-34(2)25-40(59)8)15-20-56(52)76-68-62(70)66(74-54)64-65(72-68)67-63-69(73-64)77-57-21-16-48(60-41(9)26-35(3)27-42(60)10)31-53(57)71(63)51-32-49(17-19-55(51)75-67)61-43(11)28-36(4)44(12)45(61)13/h14-32H,1-13H3. The van der Waals surface area contributed by atoms with Gasteiger partial charge in [0.25, 0.3) is 13.4 Å². The lowest BCUT2D eigenvalue weighted by atomic mass is 9.34. The average molecular weight is 1000 g/mol. The highest BCUT2D eigenvalue weighted by atomic mass is 16.5. The van der Waals surface area contributed by atoms with Gasteiger partial charge < -0.3 is 18.9 Å². The van der Waals surface area contributed by atoms with Gasteiger partial charge in [0.2, 0.25) is 11.8 Å². The zero-order chi connectivity index (χ0) is 53.2. The molecule has 0 bridgehead atoms. The summed E-state index contributed by atoms with van der Waals surface area (Å²) in [6.45, 7) is 28.0. The second kappa shape index (κ2) is 16.8. The molecular formula is C69H58B2N2O4. The molecule has 0 N–H and O–H groups in total. The van der Waals surface area contributed by atoms with Crippen LogP contribution in [0.15, 0.2) is 115 Å². The normalized spacial score (nSPS) is 13.1. The van der Waals surface area contributed by atoms with Gasteiger partial charge in [0.1, 0.15) is 34.0 Å². The summed E-state index contributed by atoms with van der Waals surface area (Å²) >= 11 is 0. The molecule has 0 aliphatic carbocycles. The maximum absolute atomic E-state index is 7.28.